The van der Waals surface area contributed by atoms with E-state index in [1.165, 1.54) is 5.56 Å². The van der Waals surface area contributed by atoms with Gasteiger partial charge in [-0.2, -0.15) is 0 Å². The SMILES string of the molecule is Cc1ccn2c(C)nc(CCl)c2c1. The van der Waals surface area contributed by atoms with E-state index in [4.69, 9.17) is 11.6 Å². The van der Waals surface area contributed by atoms with Gasteiger partial charge in [0, 0.05) is 6.20 Å². The molecule has 0 aliphatic rings. The van der Waals surface area contributed by atoms with Gasteiger partial charge in [-0.05, 0) is 31.5 Å². The van der Waals surface area contributed by atoms with E-state index < -0.39 is 0 Å². The molecule has 0 aliphatic carbocycles. The Bertz CT molecular complexity index is 445. The third kappa shape index (κ3) is 1.31. The third-order valence-electron chi connectivity index (χ3n) is 2.18. The Kier molecular flexibility index (Phi) is 2.00. The number of nitrogens with zero attached hydrogens (tertiary/aromatic N) is 2. The predicted octanol–water partition coefficient (Wildman–Crippen LogP) is 2.69. The molecule has 13 heavy (non-hydrogen) atoms. The number of hydrogen-bond donors (Lipinski definition) is 0. The van der Waals surface area contributed by atoms with Crippen LogP contribution in [-0.2, 0) is 5.88 Å². The van der Waals surface area contributed by atoms with Crippen molar-refractivity contribution in [2.75, 3.05) is 0 Å². The van der Waals surface area contributed by atoms with Crippen molar-refractivity contribution >= 4 is 17.1 Å². The van der Waals surface area contributed by atoms with Crippen molar-refractivity contribution in [2.24, 2.45) is 0 Å². The van der Waals surface area contributed by atoms with Crippen molar-refractivity contribution < 1.29 is 0 Å². The second-order valence-electron chi connectivity index (χ2n) is 3.20. The van der Waals surface area contributed by atoms with Gasteiger partial charge in [0.25, 0.3) is 0 Å². The summed E-state index contributed by atoms with van der Waals surface area (Å²) >= 11 is 5.80. The van der Waals surface area contributed by atoms with E-state index in [0.717, 1.165) is 17.0 Å². The fraction of sp³-hybridized carbons (Fsp3) is 0.300. The van der Waals surface area contributed by atoms with Crippen LogP contribution < -0.4 is 0 Å². The van der Waals surface area contributed by atoms with Gasteiger partial charge in [-0.15, -0.1) is 11.6 Å². The number of fused-ring (bicyclic) bond motifs is 1. The highest BCUT2D eigenvalue weighted by atomic mass is 35.5. The highest BCUT2D eigenvalue weighted by molar-refractivity contribution is 6.17. The zero-order valence-corrected chi connectivity index (χ0v) is 8.47. The van der Waals surface area contributed by atoms with Gasteiger partial charge in [0.1, 0.15) is 5.82 Å². The van der Waals surface area contributed by atoms with Crippen LogP contribution in [0.2, 0.25) is 0 Å². The maximum absolute atomic E-state index is 5.80. The van der Waals surface area contributed by atoms with E-state index in [0.29, 0.717) is 5.88 Å². The molecule has 0 aromatic carbocycles. The summed E-state index contributed by atoms with van der Waals surface area (Å²) in [5, 5.41) is 0. The molecule has 0 saturated heterocycles. The molecule has 2 rings (SSSR count). The van der Waals surface area contributed by atoms with Crippen molar-refractivity contribution in [3.05, 3.63) is 35.4 Å². The molecule has 2 aromatic heterocycles. The van der Waals surface area contributed by atoms with Gasteiger partial charge >= 0.3 is 0 Å². The summed E-state index contributed by atoms with van der Waals surface area (Å²) < 4.78 is 2.06. The van der Waals surface area contributed by atoms with Crippen molar-refractivity contribution in [3.8, 4) is 0 Å². The van der Waals surface area contributed by atoms with Crippen molar-refractivity contribution in [1.29, 1.82) is 0 Å². The number of alkyl halides is 1. The largest absolute Gasteiger partial charge is 0.304 e. The Morgan fingerprint density at radius 3 is 2.92 bits per heavy atom. The molecule has 0 atom stereocenters. The molecule has 0 N–H and O–H groups in total. The van der Waals surface area contributed by atoms with E-state index in [2.05, 4.69) is 28.4 Å². The van der Waals surface area contributed by atoms with Crippen LogP contribution in [0.3, 0.4) is 0 Å². The van der Waals surface area contributed by atoms with Gasteiger partial charge in [-0.25, -0.2) is 4.98 Å². The number of aryl methyl sites for hydroxylation is 2. The normalized spacial score (nSPS) is 11.0. The summed E-state index contributed by atoms with van der Waals surface area (Å²) in [5.74, 6) is 1.46. The number of imidazole rings is 1. The molecule has 68 valence electrons. The lowest BCUT2D eigenvalue weighted by Crippen LogP contribution is -1.87. The van der Waals surface area contributed by atoms with Crippen LogP contribution in [0.5, 0.6) is 0 Å². The highest BCUT2D eigenvalue weighted by Gasteiger charge is 2.05. The minimum atomic E-state index is 0.473. The van der Waals surface area contributed by atoms with Gasteiger partial charge in [0.2, 0.25) is 0 Å². The van der Waals surface area contributed by atoms with Crippen LogP contribution in [0.1, 0.15) is 17.1 Å². The summed E-state index contributed by atoms with van der Waals surface area (Å²) in [6, 6.07) is 4.18. The number of rotatable bonds is 1. The molecular formula is C10H11ClN2. The summed E-state index contributed by atoms with van der Waals surface area (Å²) in [5.41, 5.74) is 3.31. The molecule has 3 heteroatoms. The molecule has 0 amide bonds. The van der Waals surface area contributed by atoms with Crippen LogP contribution in [-0.4, -0.2) is 9.38 Å². The van der Waals surface area contributed by atoms with Crippen molar-refractivity contribution in [2.45, 2.75) is 19.7 Å². The topological polar surface area (TPSA) is 17.3 Å². The molecule has 0 fully saturated rings. The van der Waals surface area contributed by atoms with Gasteiger partial charge in [0.05, 0.1) is 17.1 Å². The lowest BCUT2D eigenvalue weighted by atomic mass is 10.2. The van der Waals surface area contributed by atoms with Gasteiger partial charge < -0.3 is 4.40 Å². The Morgan fingerprint density at radius 2 is 2.23 bits per heavy atom. The zero-order valence-electron chi connectivity index (χ0n) is 7.71. The molecule has 2 aromatic rings. The zero-order chi connectivity index (χ0) is 9.42. The summed E-state index contributed by atoms with van der Waals surface area (Å²) in [6.07, 6.45) is 2.03. The molecule has 0 radical (unpaired) electrons. The maximum Gasteiger partial charge on any atom is 0.110 e. The van der Waals surface area contributed by atoms with Crippen LogP contribution in [0.25, 0.3) is 5.52 Å². The van der Waals surface area contributed by atoms with Crippen LogP contribution in [0.15, 0.2) is 18.3 Å². The quantitative estimate of drug-likeness (QED) is 0.638. The number of aromatic nitrogens is 2. The molecule has 0 unspecified atom stereocenters. The van der Waals surface area contributed by atoms with Gasteiger partial charge in [-0.3, -0.25) is 0 Å². The Balaban J connectivity index is 2.81. The molecule has 0 bridgehead atoms. The van der Waals surface area contributed by atoms with E-state index in [1.54, 1.807) is 0 Å². The fourth-order valence-electron chi connectivity index (χ4n) is 1.52. The Morgan fingerprint density at radius 1 is 1.46 bits per heavy atom. The second kappa shape index (κ2) is 3.04. The van der Waals surface area contributed by atoms with Crippen LogP contribution in [0.4, 0.5) is 0 Å². The minimum absolute atomic E-state index is 0.473. The molecule has 2 nitrogen and oxygen atoms in total. The van der Waals surface area contributed by atoms with E-state index in [9.17, 15) is 0 Å². The number of halogens is 1. The third-order valence-corrected chi connectivity index (χ3v) is 2.43. The maximum atomic E-state index is 5.80. The highest BCUT2D eigenvalue weighted by Crippen LogP contribution is 2.15. The molecule has 0 spiro atoms. The number of hydrogen-bond acceptors (Lipinski definition) is 1. The molecular weight excluding hydrogens is 184 g/mol. The van der Waals surface area contributed by atoms with Crippen molar-refractivity contribution in [1.82, 2.24) is 9.38 Å². The lowest BCUT2D eigenvalue weighted by molar-refractivity contribution is 1.03. The first-order valence-corrected chi connectivity index (χ1v) is 4.76. The summed E-state index contributed by atoms with van der Waals surface area (Å²) in [7, 11) is 0. The smallest absolute Gasteiger partial charge is 0.110 e. The fourth-order valence-corrected chi connectivity index (χ4v) is 1.71. The Hall–Kier alpha value is -1.02. The monoisotopic (exact) mass is 194 g/mol. The first-order chi connectivity index (χ1) is 6.22. The van der Waals surface area contributed by atoms with Gasteiger partial charge in [-0.1, -0.05) is 0 Å². The Labute approximate surface area is 82.2 Å². The van der Waals surface area contributed by atoms with E-state index >= 15 is 0 Å². The van der Waals surface area contributed by atoms with E-state index in [1.807, 2.05) is 13.1 Å². The average Bonchev–Trinajstić information content (AvgIpc) is 2.42. The van der Waals surface area contributed by atoms with Crippen LogP contribution >= 0.6 is 11.6 Å². The van der Waals surface area contributed by atoms with Crippen molar-refractivity contribution in [3.63, 3.8) is 0 Å². The average molecular weight is 195 g/mol. The minimum Gasteiger partial charge on any atom is -0.304 e. The standard InChI is InChI=1S/C10H11ClN2/c1-7-3-4-13-8(2)12-9(6-11)10(13)5-7/h3-5H,6H2,1-2H3. The van der Waals surface area contributed by atoms with Crippen LogP contribution in [0, 0.1) is 13.8 Å². The van der Waals surface area contributed by atoms with E-state index in [-0.39, 0.29) is 0 Å². The number of pyridine rings is 1. The predicted molar refractivity (Wildman–Crippen MR) is 54.2 cm³/mol. The molecule has 2 heterocycles. The molecule has 0 saturated carbocycles. The lowest BCUT2D eigenvalue weighted by Gasteiger charge is -1.97. The second-order valence-corrected chi connectivity index (χ2v) is 3.47. The van der Waals surface area contributed by atoms with Gasteiger partial charge in [0.15, 0.2) is 0 Å². The molecule has 0 aliphatic heterocycles. The first-order valence-electron chi connectivity index (χ1n) is 4.22. The summed E-state index contributed by atoms with van der Waals surface area (Å²) in [6.45, 7) is 4.05. The summed E-state index contributed by atoms with van der Waals surface area (Å²) in [4.78, 5) is 4.38. The first kappa shape index (κ1) is 8.57.